The molecule has 0 spiro atoms. The van der Waals surface area contributed by atoms with E-state index < -0.39 is 40.0 Å². The lowest BCUT2D eigenvalue weighted by atomic mass is 10.0. The number of unbranched alkanes of at least 4 members (excludes halogenated alkanes) is 20. The van der Waals surface area contributed by atoms with Gasteiger partial charge >= 0.3 is 0 Å². The maximum atomic E-state index is 12.5. The average Bonchev–Trinajstić information content (AvgIpc) is 2.94. The molecule has 0 aromatic heterocycles. The van der Waals surface area contributed by atoms with Gasteiger partial charge in [0.15, 0.2) is 0 Å². The highest BCUT2D eigenvalue weighted by atomic mass is 32.2. The molecule has 0 rings (SSSR count). The molecule has 0 aliphatic heterocycles. The van der Waals surface area contributed by atoms with Crippen molar-refractivity contribution >= 4 is 16.0 Å². The molecule has 7 nitrogen and oxygen atoms in total. The Balaban J connectivity index is 3.97. The Hall–Kier alpha value is -0.960. The lowest BCUT2D eigenvalue weighted by Gasteiger charge is -2.24. The van der Waals surface area contributed by atoms with E-state index in [1.54, 1.807) is 0 Å². The van der Waals surface area contributed by atoms with Gasteiger partial charge in [-0.1, -0.05) is 148 Å². The van der Waals surface area contributed by atoms with Gasteiger partial charge in [0, 0.05) is 0 Å². The number of nitrogens with one attached hydrogen (secondary N) is 1. The van der Waals surface area contributed by atoms with Crippen LogP contribution in [0.4, 0.5) is 0 Å². The minimum Gasteiger partial charge on any atom is -0.391 e. The van der Waals surface area contributed by atoms with Crippen LogP contribution in [0.15, 0.2) is 12.2 Å². The van der Waals surface area contributed by atoms with Gasteiger partial charge in [-0.05, 0) is 38.5 Å². The predicted molar refractivity (Wildman–Crippen MR) is 176 cm³/mol. The molecule has 0 fully saturated rings. The number of allylic oxidation sites excluding steroid dienone is 2. The van der Waals surface area contributed by atoms with Crippen LogP contribution in [0.2, 0.25) is 0 Å². The third-order valence-electron chi connectivity index (χ3n) is 8.08. The third kappa shape index (κ3) is 27.8. The molecule has 250 valence electrons. The standard InChI is InChI=1S/C34H67NO6S/c1-3-5-7-9-11-12-13-14-15-16-17-18-19-20-21-23-25-27-29-33(37)34(38)35-31(30-42(39,40)41)32(36)28-26-24-22-10-8-6-4-2/h16-17,31-33,36-37H,3-15,18-30H2,1-2H3,(H,35,38)(H,39,40,41)/b17-16-. The normalized spacial score (nSPS) is 14.3. The fourth-order valence-electron chi connectivity index (χ4n) is 5.34. The fraction of sp³-hybridized carbons (Fsp3) is 0.912. The second-order valence-corrected chi connectivity index (χ2v) is 13.8. The van der Waals surface area contributed by atoms with E-state index in [1.165, 1.54) is 89.9 Å². The summed E-state index contributed by atoms with van der Waals surface area (Å²) in [7, 11) is -4.39. The number of carbonyl (C=O) groups excluding carboxylic acids is 1. The van der Waals surface area contributed by atoms with E-state index in [-0.39, 0.29) is 0 Å². The van der Waals surface area contributed by atoms with Gasteiger partial charge < -0.3 is 15.5 Å². The van der Waals surface area contributed by atoms with Crippen molar-refractivity contribution in [3.63, 3.8) is 0 Å². The van der Waals surface area contributed by atoms with Crippen molar-refractivity contribution < 1.29 is 28.0 Å². The lowest BCUT2D eigenvalue weighted by Crippen LogP contribution is -2.50. The van der Waals surface area contributed by atoms with Crippen molar-refractivity contribution in [3.8, 4) is 0 Å². The highest BCUT2D eigenvalue weighted by molar-refractivity contribution is 7.85. The zero-order chi connectivity index (χ0) is 31.3. The summed E-state index contributed by atoms with van der Waals surface area (Å²) in [6.45, 7) is 4.42. The van der Waals surface area contributed by atoms with Crippen LogP contribution in [0.3, 0.4) is 0 Å². The molecule has 1 amide bonds. The molecule has 0 aromatic rings. The summed E-state index contributed by atoms with van der Waals surface area (Å²) < 4.78 is 32.2. The summed E-state index contributed by atoms with van der Waals surface area (Å²) in [5, 5.41) is 23.3. The van der Waals surface area contributed by atoms with Gasteiger partial charge in [0.25, 0.3) is 10.1 Å². The van der Waals surface area contributed by atoms with E-state index in [4.69, 9.17) is 0 Å². The summed E-state index contributed by atoms with van der Waals surface area (Å²) in [6.07, 6.45) is 29.7. The molecule has 3 atom stereocenters. The molecule has 42 heavy (non-hydrogen) atoms. The van der Waals surface area contributed by atoms with Crippen molar-refractivity contribution in [2.24, 2.45) is 0 Å². The SMILES string of the molecule is CCCCCCCCCC/C=C\CCCCCCCCC(O)C(=O)NC(CS(=O)(=O)O)C(O)CCCCCCCCC. The van der Waals surface area contributed by atoms with Gasteiger partial charge in [0.2, 0.25) is 5.91 Å². The minimum atomic E-state index is -4.39. The number of aliphatic hydroxyl groups excluding tert-OH is 2. The quantitative estimate of drug-likeness (QED) is 0.0352. The lowest BCUT2D eigenvalue weighted by molar-refractivity contribution is -0.131. The first-order chi connectivity index (χ1) is 20.2. The van der Waals surface area contributed by atoms with Crippen LogP contribution >= 0.6 is 0 Å². The van der Waals surface area contributed by atoms with E-state index in [9.17, 15) is 28.0 Å². The van der Waals surface area contributed by atoms with E-state index >= 15 is 0 Å². The molecule has 0 saturated carbocycles. The molecule has 0 heterocycles. The molecule has 4 N–H and O–H groups in total. The first kappa shape index (κ1) is 41.0. The molecule has 0 saturated heterocycles. The number of amides is 1. The van der Waals surface area contributed by atoms with Crippen LogP contribution in [0.25, 0.3) is 0 Å². The monoisotopic (exact) mass is 617 g/mol. The first-order valence-corrected chi connectivity index (χ1v) is 19.1. The Morgan fingerprint density at radius 2 is 1.00 bits per heavy atom. The van der Waals surface area contributed by atoms with E-state index in [0.717, 1.165) is 44.9 Å². The smallest absolute Gasteiger partial charge is 0.266 e. The third-order valence-corrected chi connectivity index (χ3v) is 8.86. The van der Waals surface area contributed by atoms with Gasteiger partial charge in [0.1, 0.15) is 6.10 Å². The summed E-state index contributed by atoms with van der Waals surface area (Å²) in [6, 6.07) is -1.14. The van der Waals surface area contributed by atoms with Crippen LogP contribution in [-0.4, -0.2) is 53.1 Å². The van der Waals surface area contributed by atoms with E-state index in [0.29, 0.717) is 25.7 Å². The van der Waals surface area contributed by atoms with E-state index in [1.807, 2.05) is 0 Å². The zero-order valence-corrected chi connectivity index (χ0v) is 28.1. The summed E-state index contributed by atoms with van der Waals surface area (Å²) in [5.74, 6) is -1.46. The highest BCUT2D eigenvalue weighted by Gasteiger charge is 2.28. The van der Waals surface area contributed by atoms with Crippen molar-refractivity contribution in [3.05, 3.63) is 12.2 Å². The highest BCUT2D eigenvalue weighted by Crippen LogP contribution is 2.14. The maximum Gasteiger partial charge on any atom is 0.266 e. The molecular weight excluding hydrogens is 550 g/mol. The maximum absolute atomic E-state index is 12.5. The van der Waals surface area contributed by atoms with Gasteiger partial charge in [-0.3, -0.25) is 9.35 Å². The molecule has 0 aliphatic rings. The number of rotatable bonds is 31. The first-order valence-electron chi connectivity index (χ1n) is 17.5. The van der Waals surface area contributed by atoms with E-state index in [2.05, 4.69) is 31.3 Å². The molecule has 0 bridgehead atoms. The van der Waals surface area contributed by atoms with Gasteiger partial charge in [-0.15, -0.1) is 0 Å². The second kappa shape index (κ2) is 28.8. The van der Waals surface area contributed by atoms with Crippen molar-refractivity contribution in [2.75, 3.05) is 5.75 Å². The topological polar surface area (TPSA) is 124 Å². The minimum absolute atomic E-state index is 0.291. The second-order valence-electron chi connectivity index (χ2n) is 12.3. The molecular formula is C34H67NO6S. The molecule has 3 unspecified atom stereocenters. The summed E-state index contributed by atoms with van der Waals surface area (Å²) in [5.41, 5.74) is 0. The van der Waals surface area contributed by atoms with Crippen LogP contribution in [0.5, 0.6) is 0 Å². The molecule has 0 aromatic carbocycles. The van der Waals surface area contributed by atoms with Gasteiger partial charge in [0.05, 0.1) is 17.9 Å². The zero-order valence-electron chi connectivity index (χ0n) is 27.2. The van der Waals surface area contributed by atoms with Crippen molar-refractivity contribution in [1.29, 1.82) is 0 Å². The summed E-state index contributed by atoms with van der Waals surface area (Å²) in [4.78, 5) is 12.5. The Morgan fingerprint density at radius 3 is 1.43 bits per heavy atom. The van der Waals surface area contributed by atoms with Crippen LogP contribution in [0, 0.1) is 0 Å². The van der Waals surface area contributed by atoms with Crippen LogP contribution in [0.1, 0.15) is 174 Å². The average molecular weight is 618 g/mol. The Labute approximate surface area is 259 Å². The largest absolute Gasteiger partial charge is 0.391 e. The number of hydrogen-bond acceptors (Lipinski definition) is 5. The fourth-order valence-corrected chi connectivity index (χ4v) is 6.10. The number of carbonyl (C=O) groups is 1. The Kier molecular flexibility index (Phi) is 28.1. The number of aliphatic hydroxyl groups is 2. The number of hydrogen-bond donors (Lipinski definition) is 4. The van der Waals surface area contributed by atoms with Gasteiger partial charge in [-0.2, -0.15) is 8.42 Å². The Morgan fingerprint density at radius 1 is 0.619 bits per heavy atom. The summed E-state index contributed by atoms with van der Waals surface area (Å²) >= 11 is 0. The molecule has 0 aliphatic carbocycles. The van der Waals surface area contributed by atoms with Crippen LogP contribution in [-0.2, 0) is 14.9 Å². The molecule has 8 heteroatoms. The van der Waals surface area contributed by atoms with Crippen molar-refractivity contribution in [2.45, 2.75) is 193 Å². The van der Waals surface area contributed by atoms with Gasteiger partial charge in [-0.25, -0.2) is 0 Å². The Bertz CT molecular complexity index is 742. The molecule has 0 radical (unpaired) electrons. The van der Waals surface area contributed by atoms with Crippen molar-refractivity contribution in [1.82, 2.24) is 5.32 Å². The predicted octanol–water partition coefficient (Wildman–Crippen LogP) is 8.43. The van der Waals surface area contributed by atoms with Crippen LogP contribution < -0.4 is 5.32 Å².